The van der Waals surface area contributed by atoms with Crippen molar-refractivity contribution in [3.05, 3.63) is 0 Å². The molecule has 16 heavy (non-hydrogen) atoms. The number of carbonyl (C=O) groups excluding carboxylic acids is 1. The van der Waals surface area contributed by atoms with Gasteiger partial charge in [-0.15, -0.1) is 0 Å². The molecule has 0 heterocycles. The Balaban J connectivity index is 3.95. The topological polar surface area (TPSA) is 78.4 Å². The standard InChI is InChI=1S/C11H22N2O3/c1-4-6-9(11(15)16)13-10(14)7-12-8(3)5-2/h8-9,12H,4-7H2,1-3H3,(H,13,14)(H,15,16)/t8?,9-/m1/s1. The van der Waals surface area contributed by atoms with Crippen LogP contribution in [-0.2, 0) is 9.59 Å². The van der Waals surface area contributed by atoms with Gasteiger partial charge in [0.1, 0.15) is 6.04 Å². The molecule has 0 rings (SSSR count). The van der Waals surface area contributed by atoms with Gasteiger partial charge in [0.15, 0.2) is 0 Å². The second kappa shape index (κ2) is 8.10. The van der Waals surface area contributed by atoms with Crippen LogP contribution in [0.25, 0.3) is 0 Å². The van der Waals surface area contributed by atoms with Crippen LogP contribution in [-0.4, -0.2) is 35.6 Å². The van der Waals surface area contributed by atoms with E-state index in [0.29, 0.717) is 6.42 Å². The van der Waals surface area contributed by atoms with Crippen molar-refractivity contribution in [1.82, 2.24) is 10.6 Å². The van der Waals surface area contributed by atoms with Gasteiger partial charge in [-0.05, 0) is 19.8 Å². The lowest BCUT2D eigenvalue weighted by Gasteiger charge is -2.15. The summed E-state index contributed by atoms with van der Waals surface area (Å²) in [5.74, 6) is -1.24. The van der Waals surface area contributed by atoms with E-state index in [-0.39, 0.29) is 18.5 Å². The molecule has 0 aromatic heterocycles. The van der Waals surface area contributed by atoms with Crippen LogP contribution in [0.4, 0.5) is 0 Å². The summed E-state index contributed by atoms with van der Waals surface area (Å²) in [6.07, 6.45) is 2.13. The van der Waals surface area contributed by atoms with E-state index in [9.17, 15) is 9.59 Å². The second-order valence-electron chi connectivity index (χ2n) is 3.94. The molecule has 3 N–H and O–H groups in total. The third-order valence-electron chi connectivity index (χ3n) is 2.43. The van der Waals surface area contributed by atoms with E-state index in [2.05, 4.69) is 10.6 Å². The number of hydrogen-bond donors (Lipinski definition) is 3. The molecule has 5 nitrogen and oxygen atoms in total. The van der Waals surface area contributed by atoms with Crippen molar-refractivity contribution in [2.75, 3.05) is 6.54 Å². The second-order valence-corrected chi connectivity index (χ2v) is 3.94. The van der Waals surface area contributed by atoms with Crippen LogP contribution in [0.1, 0.15) is 40.0 Å². The van der Waals surface area contributed by atoms with Gasteiger partial charge in [-0.25, -0.2) is 4.79 Å². The zero-order valence-corrected chi connectivity index (χ0v) is 10.2. The molecule has 0 aromatic rings. The molecule has 2 atom stereocenters. The van der Waals surface area contributed by atoms with Crippen LogP contribution in [0.2, 0.25) is 0 Å². The van der Waals surface area contributed by atoms with Gasteiger partial charge in [0.2, 0.25) is 5.91 Å². The van der Waals surface area contributed by atoms with E-state index in [0.717, 1.165) is 12.8 Å². The largest absolute Gasteiger partial charge is 0.480 e. The highest BCUT2D eigenvalue weighted by molar-refractivity contribution is 5.84. The number of hydrogen-bond acceptors (Lipinski definition) is 3. The molecule has 0 aromatic carbocycles. The molecular weight excluding hydrogens is 208 g/mol. The van der Waals surface area contributed by atoms with Gasteiger partial charge in [-0.3, -0.25) is 4.79 Å². The molecule has 0 aliphatic carbocycles. The number of aliphatic carboxylic acids is 1. The molecule has 0 fully saturated rings. The van der Waals surface area contributed by atoms with Gasteiger partial charge in [0.25, 0.3) is 0 Å². The molecule has 1 amide bonds. The zero-order chi connectivity index (χ0) is 12.6. The molecule has 0 aliphatic heterocycles. The summed E-state index contributed by atoms with van der Waals surface area (Å²) in [5, 5.41) is 14.4. The SMILES string of the molecule is CCC[C@@H](NC(=O)CNC(C)CC)C(=O)O. The molecule has 0 saturated heterocycles. The summed E-state index contributed by atoms with van der Waals surface area (Å²) in [7, 11) is 0. The predicted octanol–water partition coefficient (Wildman–Crippen LogP) is 0.744. The Bertz CT molecular complexity index is 231. The maximum atomic E-state index is 11.4. The third-order valence-corrected chi connectivity index (χ3v) is 2.43. The van der Waals surface area contributed by atoms with Crippen molar-refractivity contribution in [1.29, 1.82) is 0 Å². The van der Waals surface area contributed by atoms with E-state index in [1.54, 1.807) is 0 Å². The van der Waals surface area contributed by atoms with Gasteiger partial charge in [-0.1, -0.05) is 20.3 Å². The number of nitrogens with one attached hydrogen (secondary N) is 2. The molecule has 1 unspecified atom stereocenters. The van der Waals surface area contributed by atoms with Gasteiger partial charge < -0.3 is 15.7 Å². The minimum Gasteiger partial charge on any atom is -0.480 e. The molecule has 5 heteroatoms. The van der Waals surface area contributed by atoms with E-state index in [1.807, 2.05) is 20.8 Å². The highest BCUT2D eigenvalue weighted by Gasteiger charge is 2.18. The number of carbonyl (C=O) groups is 2. The van der Waals surface area contributed by atoms with Crippen LogP contribution in [0.5, 0.6) is 0 Å². The molecule has 0 aliphatic rings. The summed E-state index contributed by atoms with van der Waals surface area (Å²) in [5.41, 5.74) is 0. The van der Waals surface area contributed by atoms with Crippen molar-refractivity contribution in [2.45, 2.75) is 52.1 Å². The fourth-order valence-electron chi connectivity index (χ4n) is 1.20. The molecule has 0 bridgehead atoms. The molecular formula is C11H22N2O3. The van der Waals surface area contributed by atoms with E-state index >= 15 is 0 Å². The van der Waals surface area contributed by atoms with Crippen LogP contribution < -0.4 is 10.6 Å². The Morgan fingerprint density at radius 1 is 1.31 bits per heavy atom. The minimum atomic E-state index is -0.973. The van der Waals surface area contributed by atoms with Crippen molar-refractivity contribution in [2.24, 2.45) is 0 Å². The van der Waals surface area contributed by atoms with Crippen molar-refractivity contribution >= 4 is 11.9 Å². The van der Waals surface area contributed by atoms with E-state index < -0.39 is 12.0 Å². The molecule has 0 radical (unpaired) electrons. The number of carboxylic acids is 1. The number of amides is 1. The van der Waals surface area contributed by atoms with Gasteiger partial charge in [0, 0.05) is 6.04 Å². The Kier molecular flexibility index (Phi) is 7.54. The average Bonchev–Trinajstić information content (AvgIpc) is 2.25. The Hall–Kier alpha value is -1.10. The van der Waals surface area contributed by atoms with E-state index in [1.165, 1.54) is 0 Å². The van der Waals surface area contributed by atoms with Crippen LogP contribution in [0, 0.1) is 0 Å². The fraction of sp³-hybridized carbons (Fsp3) is 0.818. The maximum absolute atomic E-state index is 11.4. The number of rotatable bonds is 8. The zero-order valence-electron chi connectivity index (χ0n) is 10.2. The lowest BCUT2D eigenvalue weighted by Crippen LogP contribution is -2.45. The first-order valence-corrected chi connectivity index (χ1v) is 5.76. The van der Waals surface area contributed by atoms with Crippen molar-refractivity contribution < 1.29 is 14.7 Å². The average molecular weight is 230 g/mol. The van der Waals surface area contributed by atoms with Gasteiger partial charge >= 0.3 is 5.97 Å². The highest BCUT2D eigenvalue weighted by Crippen LogP contribution is 1.96. The summed E-state index contributed by atoms with van der Waals surface area (Å²) in [4.78, 5) is 22.2. The quantitative estimate of drug-likeness (QED) is 0.575. The van der Waals surface area contributed by atoms with Crippen LogP contribution in [0.3, 0.4) is 0 Å². The summed E-state index contributed by atoms with van der Waals surface area (Å²) < 4.78 is 0. The lowest BCUT2D eigenvalue weighted by molar-refractivity contribution is -0.141. The van der Waals surface area contributed by atoms with Crippen molar-refractivity contribution in [3.63, 3.8) is 0 Å². The van der Waals surface area contributed by atoms with E-state index in [4.69, 9.17) is 5.11 Å². The first-order chi connectivity index (χ1) is 7.51. The predicted molar refractivity (Wildman–Crippen MR) is 62.2 cm³/mol. The van der Waals surface area contributed by atoms with Crippen molar-refractivity contribution in [3.8, 4) is 0 Å². The molecule has 94 valence electrons. The Labute approximate surface area is 96.6 Å². The summed E-state index contributed by atoms with van der Waals surface area (Å²) in [6, 6.07) is -0.503. The monoisotopic (exact) mass is 230 g/mol. The third kappa shape index (κ3) is 6.40. The molecule has 0 spiro atoms. The number of carboxylic acid groups (broad SMARTS) is 1. The smallest absolute Gasteiger partial charge is 0.326 e. The first-order valence-electron chi connectivity index (χ1n) is 5.76. The summed E-state index contributed by atoms with van der Waals surface area (Å²) >= 11 is 0. The highest BCUT2D eigenvalue weighted by atomic mass is 16.4. The van der Waals surface area contributed by atoms with Gasteiger partial charge in [0.05, 0.1) is 6.54 Å². The first kappa shape index (κ1) is 14.9. The molecule has 0 saturated carbocycles. The Morgan fingerprint density at radius 3 is 2.38 bits per heavy atom. The van der Waals surface area contributed by atoms with Crippen LogP contribution >= 0.6 is 0 Å². The Morgan fingerprint density at radius 2 is 1.94 bits per heavy atom. The van der Waals surface area contributed by atoms with Gasteiger partial charge in [-0.2, -0.15) is 0 Å². The lowest BCUT2D eigenvalue weighted by atomic mass is 10.1. The van der Waals surface area contributed by atoms with Crippen LogP contribution in [0.15, 0.2) is 0 Å². The minimum absolute atomic E-state index is 0.169. The fourth-order valence-corrected chi connectivity index (χ4v) is 1.20. The summed E-state index contributed by atoms with van der Waals surface area (Å²) in [6.45, 7) is 6.06. The normalized spacial score (nSPS) is 14.2. The maximum Gasteiger partial charge on any atom is 0.326 e.